The van der Waals surface area contributed by atoms with Gasteiger partial charge in [0.25, 0.3) is 5.91 Å². The molecule has 0 aromatic heterocycles. The Morgan fingerprint density at radius 2 is 1.63 bits per heavy atom. The van der Waals surface area contributed by atoms with Crippen LogP contribution in [0.4, 0.5) is 4.39 Å². The normalized spacial score (nSPS) is 15.7. The first-order valence-electron chi connectivity index (χ1n) is 9.35. The highest BCUT2D eigenvalue weighted by atomic mass is 19.1. The highest BCUT2D eigenvalue weighted by Crippen LogP contribution is 2.26. The molecule has 1 heterocycles. The van der Waals surface area contributed by atoms with Crippen molar-refractivity contribution in [3.63, 3.8) is 0 Å². The van der Waals surface area contributed by atoms with E-state index in [9.17, 15) is 14.0 Å². The van der Waals surface area contributed by atoms with E-state index in [1.54, 1.807) is 42.5 Å². The fourth-order valence-electron chi connectivity index (χ4n) is 3.06. The van der Waals surface area contributed by atoms with Crippen molar-refractivity contribution in [2.75, 3.05) is 0 Å². The second-order valence-electron chi connectivity index (χ2n) is 6.66. The van der Waals surface area contributed by atoms with Gasteiger partial charge in [-0.2, -0.15) is 0 Å². The number of amides is 2. The molecule has 2 N–H and O–H groups in total. The number of hydrogen-bond donors (Lipinski definition) is 2. The molecule has 0 bridgehead atoms. The Hall–Kier alpha value is -4.00. The molecule has 1 unspecified atom stereocenters. The van der Waals surface area contributed by atoms with E-state index < -0.39 is 17.8 Å². The van der Waals surface area contributed by atoms with Gasteiger partial charge in [0.05, 0.1) is 12.5 Å². The van der Waals surface area contributed by atoms with E-state index in [0.29, 0.717) is 22.6 Å². The lowest BCUT2D eigenvalue weighted by molar-refractivity contribution is -0.120. The van der Waals surface area contributed by atoms with Gasteiger partial charge in [0.2, 0.25) is 11.9 Å². The fraction of sp³-hybridized carbons (Fsp3) is 0.0870. The van der Waals surface area contributed by atoms with Crippen molar-refractivity contribution in [3.8, 4) is 11.5 Å². The highest BCUT2D eigenvalue weighted by molar-refractivity contribution is 6.10. The Bertz CT molecular complexity index is 1100. The van der Waals surface area contributed by atoms with Gasteiger partial charge in [-0.3, -0.25) is 20.2 Å². The zero-order chi connectivity index (χ0) is 20.9. The smallest absolute Gasteiger partial charge is 0.257 e. The van der Waals surface area contributed by atoms with Gasteiger partial charge in [-0.25, -0.2) is 9.38 Å². The van der Waals surface area contributed by atoms with Crippen molar-refractivity contribution < 1.29 is 18.7 Å². The number of ether oxygens (including phenoxy) is 1. The molecule has 0 spiro atoms. The predicted molar refractivity (Wildman–Crippen MR) is 110 cm³/mol. The van der Waals surface area contributed by atoms with Crippen LogP contribution >= 0.6 is 0 Å². The Balaban J connectivity index is 1.46. The zero-order valence-electron chi connectivity index (χ0n) is 15.8. The number of hydrogen-bond acceptors (Lipinski definition) is 4. The van der Waals surface area contributed by atoms with Crippen LogP contribution in [0.25, 0.3) is 0 Å². The number of halogens is 1. The number of nitrogens with one attached hydrogen (secondary N) is 2. The minimum atomic E-state index is -0.697. The standard InChI is InChI=1S/C23H18FN3O3/c24-19-9-5-4-8-18(19)20-14-21(28)26-23(25-20)27-22(29)15-10-12-17(13-11-15)30-16-6-2-1-3-7-16/h1-13,20H,14H2,(H2,25,26,27,28,29). The average molecular weight is 403 g/mol. The Kier molecular flexibility index (Phi) is 5.52. The SMILES string of the molecule is O=C1CC(c2ccccc2F)N=C(NC(=O)c2ccc(Oc3ccccc3)cc2)N1. The minimum Gasteiger partial charge on any atom is -0.457 e. The van der Waals surface area contributed by atoms with Crippen LogP contribution in [0.1, 0.15) is 28.4 Å². The molecule has 0 saturated heterocycles. The van der Waals surface area contributed by atoms with Crippen LogP contribution in [0.5, 0.6) is 11.5 Å². The van der Waals surface area contributed by atoms with Gasteiger partial charge in [0.1, 0.15) is 17.3 Å². The average Bonchev–Trinajstić information content (AvgIpc) is 2.75. The molecule has 0 aliphatic carbocycles. The first-order chi connectivity index (χ1) is 14.6. The van der Waals surface area contributed by atoms with Crippen LogP contribution in [-0.2, 0) is 4.79 Å². The van der Waals surface area contributed by atoms with Gasteiger partial charge >= 0.3 is 0 Å². The number of nitrogens with zero attached hydrogens (tertiary/aromatic N) is 1. The van der Waals surface area contributed by atoms with E-state index >= 15 is 0 Å². The van der Waals surface area contributed by atoms with Crippen molar-refractivity contribution in [2.45, 2.75) is 12.5 Å². The first-order valence-corrected chi connectivity index (χ1v) is 9.35. The number of benzene rings is 3. The molecule has 1 aliphatic rings. The number of carbonyl (C=O) groups is 2. The maximum absolute atomic E-state index is 14.0. The molecule has 0 radical (unpaired) electrons. The lowest BCUT2D eigenvalue weighted by atomic mass is 10.0. The zero-order valence-corrected chi connectivity index (χ0v) is 15.8. The summed E-state index contributed by atoms with van der Waals surface area (Å²) in [6.07, 6.45) is 0.00578. The van der Waals surface area contributed by atoms with E-state index in [2.05, 4.69) is 15.6 Å². The molecule has 4 rings (SSSR count). The third-order valence-corrected chi connectivity index (χ3v) is 4.51. The van der Waals surface area contributed by atoms with Gasteiger partial charge in [-0.05, 0) is 42.5 Å². The number of guanidine groups is 1. The summed E-state index contributed by atoms with van der Waals surface area (Å²) in [5.74, 6) is 0.0261. The summed E-state index contributed by atoms with van der Waals surface area (Å²) < 4.78 is 19.8. The maximum atomic E-state index is 14.0. The molecular formula is C23H18FN3O3. The van der Waals surface area contributed by atoms with E-state index in [1.165, 1.54) is 6.07 Å². The number of rotatable bonds is 4. The highest BCUT2D eigenvalue weighted by Gasteiger charge is 2.25. The van der Waals surface area contributed by atoms with Crippen molar-refractivity contribution in [2.24, 2.45) is 4.99 Å². The van der Waals surface area contributed by atoms with Crippen LogP contribution in [0, 0.1) is 5.82 Å². The van der Waals surface area contributed by atoms with Gasteiger partial charge in [-0.1, -0.05) is 36.4 Å². The summed E-state index contributed by atoms with van der Waals surface area (Å²) in [5, 5.41) is 5.08. The summed E-state index contributed by atoms with van der Waals surface area (Å²) in [5.41, 5.74) is 0.668. The largest absolute Gasteiger partial charge is 0.457 e. The molecule has 7 heteroatoms. The monoisotopic (exact) mass is 403 g/mol. The summed E-state index contributed by atoms with van der Waals surface area (Å²) in [6.45, 7) is 0. The Labute approximate surface area is 172 Å². The van der Waals surface area contributed by atoms with Crippen molar-refractivity contribution in [1.82, 2.24) is 10.6 Å². The molecule has 2 amide bonds. The molecule has 3 aromatic carbocycles. The molecule has 0 fully saturated rings. The van der Waals surface area contributed by atoms with Crippen molar-refractivity contribution >= 4 is 17.8 Å². The van der Waals surface area contributed by atoms with Gasteiger partial charge in [0, 0.05) is 11.1 Å². The fourth-order valence-corrected chi connectivity index (χ4v) is 3.06. The molecule has 3 aromatic rings. The Morgan fingerprint density at radius 1 is 0.967 bits per heavy atom. The van der Waals surface area contributed by atoms with E-state index in [-0.39, 0.29) is 18.3 Å². The van der Waals surface area contributed by atoms with Gasteiger partial charge < -0.3 is 4.74 Å². The van der Waals surface area contributed by atoms with Crippen LogP contribution < -0.4 is 15.4 Å². The lowest BCUT2D eigenvalue weighted by Crippen LogP contribution is -2.47. The van der Waals surface area contributed by atoms with Gasteiger partial charge in [0.15, 0.2) is 0 Å². The Morgan fingerprint density at radius 3 is 2.37 bits per heavy atom. The van der Waals surface area contributed by atoms with Crippen LogP contribution in [0.3, 0.4) is 0 Å². The van der Waals surface area contributed by atoms with Gasteiger partial charge in [-0.15, -0.1) is 0 Å². The summed E-state index contributed by atoms with van der Waals surface area (Å²) in [6, 6.07) is 21.3. The van der Waals surface area contributed by atoms with Crippen LogP contribution in [0.15, 0.2) is 83.9 Å². The third-order valence-electron chi connectivity index (χ3n) is 4.51. The lowest BCUT2D eigenvalue weighted by Gasteiger charge is -2.21. The number of para-hydroxylation sites is 1. The third kappa shape index (κ3) is 4.52. The quantitative estimate of drug-likeness (QED) is 0.692. The van der Waals surface area contributed by atoms with Crippen LogP contribution in [-0.4, -0.2) is 17.8 Å². The van der Waals surface area contributed by atoms with Crippen LogP contribution in [0.2, 0.25) is 0 Å². The molecule has 150 valence electrons. The molecule has 1 aliphatic heterocycles. The summed E-state index contributed by atoms with van der Waals surface area (Å²) >= 11 is 0. The number of carbonyl (C=O) groups excluding carboxylic acids is 2. The van der Waals surface area contributed by atoms with Crippen molar-refractivity contribution in [1.29, 1.82) is 0 Å². The molecule has 0 saturated carbocycles. The van der Waals surface area contributed by atoms with E-state index in [1.807, 2.05) is 30.3 Å². The maximum Gasteiger partial charge on any atom is 0.257 e. The predicted octanol–water partition coefficient (Wildman–Crippen LogP) is 3.97. The first kappa shape index (κ1) is 19.3. The van der Waals surface area contributed by atoms with E-state index in [0.717, 1.165) is 0 Å². The molecule has 6 nitrogen and oxygen atoms in total. The van der Waals surface area contributed by atoms with Crippen molar-refractivity contribution in [3.05, 3.63) is 95.8 Å². The molecule has 30 heavy (non-hydrogen) atoms. The topological polar surface area (TPSA) is 79.8 Å². The minimum absolute atomic E-state index is 0.00545. The summed E-state index contributed by atoms with van der Waals surface area (Å²) in [4.78, 5) is 28.9. The summed E-state index contributed by atoms with van der Waals surface area (Å²) in [7, 11) is 0. The molecular weight excluding hydrogens is 385 g/mol. The second kappa shape index (κ2) is 8.57. The second-order valence-corrected chi connectivity index (χ2v) is 6.66. The molecule has 1 atom stereocenters. The van der Waals surface area contributed by atoms with E-state index in [4.69, 9.17) is 4.74 Å². The number of aliphatic imine (C=N–C) groups is 1.